The van der Waals surface area contributed by atoms with E-state index in [-0.39, 0.29) is 0 Å². The summed E-state index contributed by atoms with van der Waals surface area (Å²) < 4.78 is 5.57. The van der Waals surface area contributed by atoms with Crippen LogP contribution in [-0.2, 0) is 4.74 Å². The molecule has 1 saturated heterocycles. The fraction of sp³-hybridized carbons (Fsp3) is 1.00. The van der Waals surface area contributed by atoms with Crippen LogP contribution in [-0.4, -0.2) is 50.3 Å². The summed E-state index contributed by atoms with van der Waals surface area (Å²) in [5.74, 6) is 0.710. The van der Waals surface area contributed by atoms with E-state index < -0.39 is 0 Å². The molecule has 0 spiro atoms. The van der Waals surface area contributed by atoms with E-state index in [2.05, 4.69) is 31.0 Å². The molecule has 102 valence electrons. The Kier molecular flexibility index (Phi) is 7.09. The van der Waals surface area contributed by atoms with Crippen molar-refractivity contribution < 1.29 is 4.74 Å². The maximum atomic E-state index is 5.57. The highest BCUT2D eigenvalue weighted by molar-refractivity contribution is 4.81. The van der Waals surface area contributed by atoms with Crippen LogP contribution < -0.4 is 5.32 Å². The van der Waals surface area contributed by atoms with Crippen molar-refractivity contribution in [2.45, 2.75) is 52.2 Å². The zero-order chi connectivity index (χ0) is 12.7. The van der Waals surface area contributed by atoms with Crippen LogP contribution >= 0.6 is 0 Å². The highest BCUT2D eigenvalue weighted by atomic mass is 16.5. The van der Waals surface area contributed by atoms with Crippen molar-refractivity contribution in [3.8, 4) is 0 Å². The number of piperidine rings is 1. The summed E-state index contributed by atoms with van der Waals surface area (Å²) in [6, 6.07) is 0.671. The second-order valence-electron chi connectivity index (χ2n) is 5.42. The maximum Gasteiger partial charge on any atom is 0.0724 e. The van der Waals surface area contributed by atoms with Gasteiger partial charge in [-0.3, -0.25) is 4.90 Å². The Morgan fingerprint density at radius 3 is 2.82 bits per heavy atom. The van der Waals surface area contributed by atoms with Gasteiger partial charge < -0.3 is 10.1 Å². The molecule has 1 N–H and O–H groups in total. The van der Waals surface area contributed by atoms with Crippen molar-refractivity contribution in [2.24, 2.45) is 5.92 Å². The SMILES string of the molecule is CCCNCCC(C)N1CCC(C)C(OC)C1. The molecule has 0 saturated carbocycles. The van der Waals surface area contributed by atoms with Crippen molar-refractivity contribution in [1.29, 1.82) is 0 Å². The Morgan fingerprint density at radius 1 is 1.41 bits per heavy atom. The second-order valence-corrected chi connectivity index (χ2v) is 5.42. The molecule has 3 nitrogen and oxygen atoms in total. The van der Waals surface area contributed by atoms with Crippen LogP contribution in [0, 0.1) is 5.92 Å². The first-order valence-corrected chi connectivity index (χ1v) is 7.16. The third kappa shape index (κ3) is 4.94. The molecule has 1 fully saturated rings. The molecule has 0 bridgehead atoms. The van der Waals surface area contributed by atoms with E-state index in [0.29, 0.717) is 18.1 Å². The average Bonchev–Trinajstić information content (AvgIpc) is 2.35. The molecule has 1 rings (SSSR count). The minimum absolute atomic E-state index is 0.426. The Morgan fingerprint density at radius 2 is 2.18 bits per heavy atom. The quantitative estimate of drug-likeness (QED) is 0.692. The number of nitrogens with zero attached hydrogens (tertiary/aromatic N) is 1. The monoisotopic (exact) mass is 242 g/mol. The van der Waals surface area contributed by atoms with Gasteiger partial charge in [-0.15, -0.1) is 0 Å². The predicted molar refractivity (Wildman–Crippen MR) is 73.4 cm³/mol. The molecule has 3 atom stereocenters. The van der Waals surface area contributed by atoms with E-state index in [1.54, 1.807) is 0 Å². The van der Waals surface area contributed by atoms with E-state index in [1.807, 2.05) is 7.11 Å². The van der Waals surface area contributed by atoms with Gasteiger partial charge in [0.2, 0.25) is 0 Å². The van der Waals surface area contributed by atoms with Crippen molar-refractivity contribution in [3.63, 3.8) is 0 Å². The van der Waals surface area contributed by atoms with Gasteiger partial charge >= 0.3 is 0 Å². The number of ether oxygens (including phenoxy) is 1. The predicted octanol–water partition coefficient (Wildman–Crippen LogP) is 2.12. The molecule has 1 aliphatic heterocycles. The van der Waals surface area contributed by atoms with Crippen molar-refractivity contribution >= 4 is 0 Å². The first-order chi connectivity index (χ1) is 8.19. The minimum atomic E-state index is 0.426. The number of hydrogen-bond acceptors (Lipinski definition) is 3. The molecule has 0 aromatic heterocycles. The lowest BCUT2D eigenvalue weighted by Crippen LogP contribution is -2.48. The lowest BCUT2D eigenvalue weighted by molar-refractivity contribution is -0.0175. The van der Waals surface area contributed by atoms with Crippen LogP contribution in [0.15, 0.2) is 0 Å². The van der Waals surface area contributed by atoms with Gasteiger partial charge in [0, 0.05) is 19.7 Å². The highest BCUT2D eigenvalue weighted by Gasteiger charge is 2.28. The van der Waals surface area contributed by atoms with E-state index in [4.69, 9.17) is 4.74 Å². The number of nitrogens with one attached hydrogen (secondary N) is 1. The molecule has 3 heteroatoms. The standard InChI is InChI=1S/C14H30N2O/c1-5-8-15-9-6-13(3)16-10-7-12(2)14(11-16)17-4/h12-15H,5-11H2,1-4H3. The van der Waals surface area contributed by atoms with E-state index in [0.717, 1.165) is 19.6 Å². The Hall–Kier alpha value is -0.120. The van der Waals surface area contributed by atoms with Gasteiger partial charge in [-0.1, -0.05) is 13.8 Å². The van der Waals surface area contributed by atoms with Gasteiger partial charge in [0.25, 0.3) is 0 Å². The molecule has 17 heavy (non-hydrogen) atoms. The zero-order valence-corrected chi connectivity index (χ0v) is 12.0. The zero-order valence-electron chi connectivity index (χ0n) is 12.0. The molecule has 1 heterocycles. The smallest absolute Gasteiger partial charge is 0.0724 e. The fourth-order valence-electron chi connectivity index (χ4n) is 2.56. The van der Waals surface area contributed by atoms with Gasteiger partial charge in [0.05, 0.1) is 6.10 Å². The van der Waals surface area contributed by atoms with Crippen LogP contribution in [0.1, 0.15) is 40.0 Å². The van der Waals surface area contributed by atoms with Gasteiger partial charge in [-0.05, 0) is 51.7 Å². The third-order valence-corrected chi connectivity index (χ3v) is 4.01. The fourth-order valence-corrected chi connectivity index (χ4v) is 2.56. The molecule has 0 radical (unpaired) electrons. The molecular weight excluding hydrogens is 212 g/mol. The van der Waals surface area contributed by atoms with Crippen LogP contribution in [0.5, 0.6) is 0 Å². The average molecular weight is 242 g/mol. The normalized spacial score (nSPS) is 28.2. The lowest BCUT2D eigenvalue weighted by Gasteiger charge is -2.39. The van der Waals surface area contributed by atoms with E-state index in [9.17, 15) is 0 Å². The van der Waals surface area contributed by atoms with E-state index >= 15 is 0 Å². The largest absolute Gasteiger partial charge is 0.380 e. The Labute approximate surface area is 107 Å². The molecule has 0 amide bonds. The second kappa shape index (κ2) is 8.06. The van der Waals surface area contributed by atoms with Crippen molar-refractivity contribution in [2.75, 3.05) is 33.3 Å². The van der Waals surface area contributed by atoms with Crippen molar-refractivity contribution in [1.82, 2.24) is 10.2 Å². The molecule has 3 unspecified atom stereocenters. The summed E-state index contributed by atoms with van der Waals surface area (Å²) in [5, 5.41) is 3.48. The minimum Gasteiger partial charge on any atom is -0.380 e. The summed E-state index contributed by atoms with van der Waals surface area (Å²) in [7, 11) is 1.85. The summed E-state index contributed by atoms with van der Waals surface area (Å²) >= 11 is 0. The summed E-state index contributed by atoms with van der Waals surface area (Å²) in [4.78, 5) is 2.59. The number of hydrogen-bond donors (Lipinski definition) is 1. The van der Waals surface area contributed by atoms with Gasteiger partial charge in [-0.2, -0.15) is 0 Å². The van der Waals surface area contributed by atoms with Gasteiger partial charge in [0.1, 0.15) is 0 Å². The number of likely N-dealkylation sites (tertiary alicyclic amines) is 1. The number of rotatable bonds is 7. The third-order valence-electron chi connectivity index (χ3n) is 4.01. The lowest BCUT2D eigenvalue weighted by atomic mass is 9.94. The van der Waals surface area contributed by atoms with Gasteiger partial charge in [-0.25, -0.2) is 0 Å². The summed E-state index contributed by atoms with van der Waals surface area (Å²) in [5.41, 5.74) is 0. The Balaban J connectivity index is 2.24. The molecular formula is C14H30N2O. The Bertz CT molecular complexity index is 199. The van der Waals surface area contributed by atoms with Crippen LogP contribution in [0.4, 0.5) is 0 Å². The van der Waals surface area contributed by atoms with Crippen LogP contribution in [0.3, 0.4) is 0 Å². The maximum absolute atomic E-state index is 5.57. The molecule has 0 aromatic rings. The van der Waals surface area contributed by atoms with Gasteiger partial charge in [0.15, 0.2) is 0 Å². The molecule has 1 aliphatic rings. The summed E-state index contributed by atoms with van der Waals surface area (Å²) in [6.07, 6.45) is 4.16. The molecule has 0 aliphatic carbocycles. The summed E-state index contributed by atoms with van der Waals surface area (Å²) in [6.45, 7) is 11.5. The topological polar surface area (TPSA) is 24.5 Å². The van der Waals surface area contributed by atoms with Crippen molar-refractivity contribution in [3.05, 3.63) is 0 Å². The molecule has 0 aromatic carbocycles. The first-order valence-electron chi connectivity index (χ1n) is 7.16. The van der Waals surface area contributed by atoms with Crippen LogP contribution in [0.25, 0.3) is 0 Å². The highest BCUT2D eigenvalue weighted by Crippen LogP contribution is 2.21. The number of methoxy groups -OCH3 is 1. The van der Waals surface area contributed by atoms with E-state index in [1.165, 1.54) is 25.8 Å². The van der Waals surface area contributed by atoms with Crippen LogP contribution in [0.2, 0.25) is 0 Å². The first kappa shape index (κ1) is 14.9.